The van der Waals surface area contributed by atoms with Crippen LogP contribution in [0.1, 0.15) is 98.2 Å². The SMILES string of the molecule is CCCCNC(=O)C(c1cccc(C)c1)N(C(=O)C(NC(=O)OC(C)(C)C)C(C)CC)C(C)CC. The molecule has 1 aromatic carbocycles. The molecule has 0 aliphatic heterocycles. The van der Waals surface area contributed by atoms with Gasteiger partial charge >= 0.3 is 6.09 Å². The van der Waals surface area contributed by atoms with Crippen LogP contribution in [0.5, 0.6) is 0 Å². The third kappa shape index (κ3) is 9.54. The Morgan fingerprint density at radius 2 is 1.71 bits per heavy atom. The van der Waals surface area contributed by atoms with Gasteiger partial charge in [0.15, 0.2) is 0 Å². The summed E-state index contributed by atoms with van der Waals surface area (Å²) < 4.78 is 5.45. The molecule has 0 radical (unpaired) electrons. The van der Waals surface area contributed by atoms with Crippen molar-refractivity contribution in [1.29, 1.82) is 0 Å². The van der Waals surface area contributed by atoms with Crippen LogP contribution in [0, 0.1) is 12.8 Å². The zero-order valence-corrected chi connectivity index (χ0v) is 23.2. The maximum atomic E-state index is 14.2. The summed E-state index contributed by atoms with van der Waals surface area (Å²) in [5.74, 6) is -0.641. The van der Waals surface area contributed by atoms with Crippen LogP contribution in [0.3, 0.4) is 0 Å². The molecule has 0 saturated heterocycles. The van der Waals surface area contributed by atoms with Crippen molar-refractivity contribution in [3.63, 3.8) is 0 Å². The lowest BCUT2D eigenvalue weighted by Gasteiger charge is -2.39. The van der Waals surface area contributed by atoms with Crippen LogP contribution in [0.2, 0.25) is 0 Å². The molecule has 0 aromatic heterocycles. The lowest BCUT2D eigenvalue weighted by Crippen LogP contribution is -2.57. The van der Waals surface area contributed by atoms with Crippen molar-refractivity contribution >= 4 is 17.9 Å². The second kappa shape index (κ2) is 14.1. The predicted molar refractivity (Wildman–Crippen MR) is 141 cm³/mol. The van der Waals surface area contributed by atoms with Gasteiger partial charge in [-0.25, -0.2) is 4.79 Å². The van der Waals surface area contributed by atoms with Crippen LogP contribution < -0.4 is 10.6 Å². The van der Waals surface area contributed by atoms with Crippen LogP contribution in [0.15, 0.2) is 24.3 Å². The number of aryl methyl sites for hydroxylation is 1. The van der Waals surface area contributed by atoms with Crippen molar-refractivity contribution in [2.75, 3.05) is 6.54 Å². The number of unbranched alkanes of at least 4 members (excludes halogenated alkanes) is 1. The summed E-state index contributed by atoms with van der Waals surface area (Å²) >= 11 is 0. The van der Waals surface area contributed by atoms with Crippen molar-refractivity contribution in [3.05, 3.63) is 35.4 Å². The van der Waals surface area contributed by atoms with E-state index < -0.39 is 23.8 Å². The first-order valence-corrected chi connectivity index (χ1v) is 13.0. The Labute approximate surface area is 212 Å². The largest absolute Gasteiger partial charge is 0.444 e. The molecule has 35 heavy (non-hydrogen) atoms. The maximum Gasteiger partial charge on any atom is 0.408 e. The minimum atomic E-state index is -0.820. The highest BCUT2D eigenvalue weighted by Crippen LogP contribution is 2.28. The average Bonchev–Trinajstić information content (AvgIpc) is 2.78. The summed E-state index contributed by atoms with van der Waals surface area (Å²) in [5.41, 5.74) is 1.08. The van der Waals surface area contributed by atoms with Gasteiger partial charge in [-0.1, -0.05) is 70.4 Å². The van der Waals surface area contributed by atoms with Crippen molar-refractivity contribution in [3.8, 4) is 0 Å². The number of nitrogens with one attached hydrogen (secondary N) is 2. The first-order chi connectivity index (χ1) is 16.4. The quantitative estimate of drug-likeness (QED) is 0.379. The van der Waals surface area contributed by atoms with Gasteiger partial charge in [0.05, 0.1) is 0 Å². The Kier molecular flexibility index (Phi) is 12.3. The number of carbonyl (C=O) groups excluding carboxylic acids is 3. The van der Waals surface area contributed by atoms with E-state index in [0.717, 1.165) is 24.0 Å². The number of amides is 3. The molecule has 0 aliphatic carbocycles. The molecule has 198 valence electrons. The summed E-state index contributed by atoms with van der Waals surface area (Å²) in [6.07, 6.45) is 2.52. The van der Waals surface area contributed by atoms with Crippen LogP contribution in [0.25, 0.3) is 0 Å². The van der Waals surface area contributed by atoms with E-state index in [4.69, 9.17) is 4.74 Å². The van der Waals surface area contributed by atoms with Gasteiger partial charge in [-0.15, -0.1) is 0 Å². The molecule has 0 heterocycles. The second-order valence-corrected chi connectivity index (χ2v) is 10.5. The molecular formula is C28H47N3O4. The van der Waals surface area contributed by atoms with E-state index in [1.54, 1.807) is 25.7 Å². The van der Waals surface area contributed by atoms with Crippen LogP contribution >= 0.6 is 0 Å². The maximum absolute atomic E-state index is 14.2. The molecule has 0 aliphatic rings. The third-order valence-electron chi connectivity index (χ3n) is 6.19. The highest BCUT2D eigenvalue weighted by atomic mass is 16.6. The lowest BCUT2D eigenvalue weighted by atomic mass is 9.94. The zero-order chi connectivity index (χ0) is 26.8. The smallest absolute Gasteiger partial charge is 0.408 e. The lowest BCUT2D eigenvalue weighted by molar-refractivity contribution is -0.146. The molecular weight excluding hydrogens is 442 g/mol. The summed E-state index contributed by atoms with van der Waals surface area (Å²) in [4.78, 5) is 42.0. The van der Waals surface area contributed by atoms with Gasteiger partial charge in [-0.05, 0) is 58.9 Å². The number of carbonyl (C=O) groups is 3. The molecule has 7 nitrogen and oxygen atoms in total. The number of benzene rings is 1. The third-order valence-corrected chi connectivity index (χ3v) is 6.19. The summed E-state index contributed by atoms with van der Waals surface area (Å²) in [7, 11) is 0. The van der Waals surface area contributed by atoms with E-state index in [9.17, 15) is 14.4 Å². The molecule has 0 bridgehead atoms. The Morgan fingerprint density at radius 1 is 1.06 bits per heavy atom. The molecule has 4 unspecified atom stereocenters. The zero-order valence-electron chi connectivity index (χ0n) is 23.2. The van der Waals surface area contributed by atoms with E-state index in [2.05, 4.69) is 17.6 Å². The van der Waals surface area contributed by atoms with E-state index in [1.165, 1.54) is 0 Å². The van der Waals surface area contributed by atoms with E-state index in [0.29, 0.717) is 19.4 Å². The fraction of sp³-hybridized carbons (Fsp3) is 0.679. The van der Waals surface area contributed by atoms with Crippen molar-refractivity contribution in [1.82, 2.24) is 15.5 Å². The topological polar surface area (TPSA) is 87.7 Å². The fourth-order valence-electron chi connectivity index (χ4n) is 3.84. The van der Waals surface area contributed by atoms with Crippen molar-refractivity contribution < 1.29 is 19.1 Å². The van der Waals surface area contributed by atoms with Gasteiger partial charge in [-0.3, -0.25) is 9.59 Å². The molecule has 0 fully saturated rings. The van der Waals surface area contributed by atoms with E-state index in [1.807, 2.05) is 58.9 Å². The highest BCUT2D eigenvalue weighted by molar-refractivity contribution is 5.92. The summed E-state index contributed by atoms with van der Waals surface area (Å²) in [5, 5.41) is 5.83. The molecule has 4 atom stereocenters. The number of nitrogens with zero attached hydrogens (tertiary/aromatic N) is 1. The van der Waals surface area contributed by atoms with Crippen LogP contribution in [-0.4, -0.2) is 47.0 Å². The monoisotopic (exact) mass is 489 g/mol. The first kappa shape index (κ1) is 30.5. The molecule has 3 amide bonds. The second-order valence-electron chi connectivity index (χ2n) is 10.5. The van der Waals surface area contributed by atoms with E-state index in [-0.39, 0.29) is 23.8 Å². The Bertz CT molecular complexity index is 834. The first-order valence-electron chi connectivity index (χ1n) is 13.0. The van der Waals surface area contributed by atoms with Crippen LogP contribution in [0.4, 0.5) is 4.79 Å². The average molecular weight is 490 g/mol. The Morgan fingerprint density at radius 3 is 2.23 bits per heavy atom. The minimum absolute atomic E-state index is 0.150. The standard InChI is InChI=1S/C28H47N3O4/c1-10-13-17-29-25(32)24(22-16-14-15-19(4)18-22)31(21(6)12-3)26(33)23(20(5)11-2)30-27(34)35-28(7,8)9/h14-16,18,20-21,23-24H,10-13,17H2,1-9H3,(H,29,32)(H,30,34). The number of rotatable bonds is 12. The van der Waals surface area contributed by atoms with Gasteiger partial charge in [-0.2, -0.15) is 0 Å². The van der Waals surface area contributed by atoms with Crippen molar-refractivity contribution in [2.24, 2.45) is 5.92 Å². The molecule has 7 heteroatoms. The van der Waals surface area contributed by atoms with Gasteiger partial charge in [0.25, 0.3) is 0 Å². The Balaban J connectivity index is 3.50. The molecule has 0 saturated carbocycles. The predicted octanol–water partition coefficient (Wildman–Crippen LogP) is 5.52. The molecule has 1 rings (SSSR count). The molecule has 1 aromatic rings. The number of ether oxygens (including phenoxy) is 1. The fourth-order valence-corrected chi connectivity index (χ4v) is 3.84. The van der Waals surface area contributed by atoms with Crippen molar-refractivity contribution in [2.45, 2.75) is 112 Å². The normalized spacial score (nSPS) is 14.9. The number of hydrogen-bond donors (Lipinski definition) is 2. The highest BCUT2D eigenvalue weighted by Gasteiger charge is 2.40. The van der Waals surface area contributed by atoms with Gasteiger partial charge in [0, 0.05) is 12.6 Å². The van der Waals surface area contributed by atoms with Crippen LogP contribution in [-0.2, 0) is 14.3 Å². The summed E-state index contributed by atoms with van der Waals surface area (Å²) in [6, 6.07) is 5.86. The number of alkyl carbamates (subject to hydrolysis) is 1. The molecule has 2 N–H and O–H groups in total. The molecule has 0 spiro atoms. The van der Waals surface area contributed by atoms with Gasteiger partial charge in [0.2, 0.25) is 11.8 Å². The van der Waals surface area contributed by atoms with E-state index >= 15 is 0 Å². The summed E-state index contributed by atoms with van der Waals surface area (Å²) in [6.45, 7) is 17.8. The Hall–Kier alpha value is -2.57. The van der Waals surface area contributed by atoms with Gasteiger partial charge < -0.3 is 20.3 Å². The minimum Gasteiger partial charge on any atom is -0.444 e. The van der Waals surface area contributed by atoms with Gasteiger partial charge in [0.1, 0.15) is 17.7 Å². The number of hydrogen-bond acceptors (Lipinski definition) is 4.